The molecule has 2 aromatic rings. The van der Waals surface area contributed by atoms with Gasteiger partial charge in [-0.25, -0.2) is 0 Å². The van der Waals surface area contributed by atoms with Gasteiger partial charge in [0.05, 0.1) is 6.54 Å². The van der Waals surface area contributed by atoms with E-state index in [9.17, 15) is 0 Å². The minimum atomic E-state index is 0.587. The maximum absolute atomic E-state index is 5.39. The van der Waals surface area contributed by atoms with E-state index in [-0.39, 0.29) is 0 Å². The molecule has 1 aliphatic rings. The Hall–Kier alpha value is -1.72. The molecule has 3 rings (SSSR count). The van der Waals surface area contributed by atoms with Gasteiger partial charge in [0.2, 0.25) is 0 Å². The van der Waals surface area contributed by atoms with Crippen LogP contribution in [0.5, 0.6) is 0 Å². The molecule has 1 unspecified atom stereocenters. The quantitative estimate of drug-likeness (QED) is 0.883. The summed E-state index contributed by atoms with van der Waals surface area (Å²) in [5.41, 5.74) is 0.973. The van der Waals surface area contributed by atoms with E-state index in [0.29, 0.717) is 11.9 Å². The van der Waals surface area contributed by atoms with Crippen molar-refractivity contribution in [2.45, 2.75) is 32.4 Å². The lowest BCUT2D eigenvalue weighted by Gasteiger charge is -2.26. The van der Waals surface area contributed by atoms with Gasteiger partial charge in [0.1, 0.15) is 0 Å². The summed E-state index contributed by atoms with van der Waals surface area (Å²) in [5.74, 6) is 1.38. The van der Waals surface area contributed by atoms with Gasteiger partial charge >= 0.3 is 0 Å². The lowest BCUT2D eigenvalue weighted by molar-refractivity contribution is 0.192. The molecule has 2 heterocycles. The standard InChI is InChI=1S/C16H22N4O/c1-2-10-20(14-8-9-17-11-14)12-15-18-16(21-19-15)13-6-4-3-5-7-13/h3-7,14,17H,2,8-12H2,1H3. The van der Waals surface area contributed by atoms with Crippen molar-refractivity contribution in [2.24, 2.45) is 0 Å². The van der Waals surface area contributed by atoms with E-state index in [1.165, 1.54) is 6.42 Å². The zero-order valence-corrected chi connectivity index (χ0v) is 12.5. The molecular formula is C16H22N4O. The Morgan fingerprint density at radius 2 is 2.19 bits per heavy atom. The van der Waals surface area contributed by atoms with Gasteiger partial charge in [-0.1, -0.05) is 30.3 Å². The van der Waals surface area contributed by atoms with Crippen molar-refractivity contribution < 1.29 is 4.52 Å². The molecule has 5 heteroatoms. The van der Waals surface area contributed by atoms with Gasteiger partial charge < -0.3 is 9.84 Å². The topological polar surface area (TPSA) is 54.2 Å². The van der Waals surface area contributed by atoms with Gasteiger partial charge in [-0.15, -0.1) is 0 Å². The van der Waals surface area contributed by atoms with Crippen LogP contribution >= 0.6 is 0 Å². The van der Waals surface area contributed by atoms with E-state index < -0.39 is 0 Å². The highest BCUT2D eigenvalue weighted by Gasteiger charge is 2.23. The maximum atomic E-state index is 5.39. The van der Waals surface area contributed by atoms with Crippen molar-refractivity contribution in [1.29, 1.82) is 0 Å². The average molecular weight is 286 g/mol. The van der Waals surface area contributed by atoms with Crippen LogP contribution in [0.3, 0.4) is 0 Å². The first-order valence-electron chi connectivity index (χ1n) is 7.69. The number of nitrogens with zero attached hydrogens (tertiary/aromatic N) is 3. The van der Waals surface area contributed by atoms with Crippen LogP contribution in [0.4, 0.5) is 0 Å². The Kier molecular flexibility index (Phi) is 4.62. The van der Waals surface area contributed by atoms with E-state index in [4.69, 9.17) is 4.52 Å². The molecule has 112 valence electrons. The first kappa shape index (κ1) is 14.2. The molecule has 21 heavy (non-hydrogen) atoms. The molecule has 0 spiro atoms. The largest absolute Gasteiger partial charge is 0.334 e. The minimum Gasteiger partial charge on any atom is -0.334 e. The van der Waals surface area contributed by atoms with Crippen molar-refractivity contribution in [3.8, 4) is 11.5 Å². The minimum absolute atomic E-state index is 0.587. The Morgan fingerprint density at radius 1 is 1.33 bits per heavy atom. The zero-order chi connectivity index (χ0) is 14.5. The van der Waals surface area contributed by atoms with Crippen LogP contribution in [0.1, 0.15) is 25.6 Å². The Morgan fingerprint density at radius 3 is 2.90 bits per heavy atom. The SMILES string of the molecule is CCCN(Cc1noc(-c2ccccc2)n1)C1CCNC1. The maximum Gasteiger partial charge on any atom is 0.257 e. The van der Waals surface area contributed by atoms with E-state index in [2.05, 4.69) is 27.3 Å². The summed E-state index contributed by atoms with van der Waals surface area (Å²) in [4.78, 5) is 6.99. The summed E-state index contributed by atoms with van der Waals surface area (Å²) in [6.45, 7) is 6.20. The summed E-state index contributed by atoms with van der Waals surface area (Å²) < 4.78 is 5.39. The molecule has 1 atom stereocenters. The highest BCUT2D eigenvalue weighted by molar-refractivity contribution is 5.51. The number of hydrogen-bond donors (Lipinski definition) is 1. The summed E-state index contributed by atoms with van der Waals surface area (Å²) >= 11 is 0. The molecule has 1 fully saturated rings. The lowest BCUT2D eigenvalue weighted by Crippen LogP contribution is -2.37. The fourth-order valence-electron chi connectivity index (χ4n) is 2.83. The van der Waals surface area contributed by atoms with Crippen LogP contribution in [-0.4, -0.2) is 40.7 Å². The highest BCUT2D eigenvalue weighted by atomic mass is 16.5. The average Bonchev–Trinajstić information content (AvgIpc) is 3.19. The fraction of sp³-hybridized carbons (Fsp3) is 0.500. The van der Waals surface area contributed by atoms with Gasteiger partial charge in [-0.05, 0) is 38.1 Å². The predicted molar refractivity (Wildman–Crippen MR) is 81.7 cm³/mol. The van der Waals surface area contributed by atoms with Gasteiger partial charge in [0.15, 0.2) is 5.82 Å². The molecule has 1 N–H and O–H groups in total. The third kappa shape index (κ3) is 3.49. The number of aromatic nitrogens is 2. The van der Waals surface area contributed by atoms with Crippen molar-refractivity contribution in [2.75, 3.05) is 19.6 Å². The number of nitrogens with one attached hydrogen (secondary N) is 1. The lowest BCUT2D eigenvalue weighted by atomic mass is 10.2. The van der Waals surface area contributed by atoms with Crippen LogP contribution in [0.15, 0.2) is 34.9 Å². The third-order valence-corrected chi connectivity index (χ3v) is 3.89. The van der Waals surface area contributed by atoms with Crippen LogP contribution in [0, 0.1) is 0 Å². The van der Waals surface area contributed by atoms with Crippen molar-refractivity contribution >= 4 is 0 Å². The number of hydrogen-bond acceptors (Lipinski definition) is 5. The fourth-order valence-corrected chi connectivity index (χ4v) is 2.83. The van der Waals surface area contributed by atoms with Gasteiger partial charge in [-0.3, -0.25) is 4.90 Å². The van der Waals surface area contributed by atoms with E-state index in [1.807, 2.05) is 30.3 Å². The van der Waals surface area contributed by atoms with Crippen LogP contribution in [0.2, 0.25) is 0 Å². The Labute approximate surface area is 125 Å². The van der Waals surface area contributed by atoms with Gasteiger partial charge in [0.25, 0.3) is 5.89 Å². The Balaban J connectivity index is 1.70. The third-order valence-electron chi connectivity index (χ3n) is 3.89. The molecule has 1 aromatic carbocycles. The van der Waals surface area contributed by atoms with E-state index in [1.54, 1.807) is 0 Å². The number of benzene rings is 1. The molecule has 0 amide bonds. The molecule has 5 nitrogen and oxygen atoms in total. The molecule has 0 aliphatic carbocycles. The molecular weight excluding hydrogens is 264 g/mol. The summed E-state index contributed by atoms with van der Waals surface area (Å²) in [7, 11) is 0. The molecule has 0 radical (unpaired) electrons. The summed E-state index contributed by atoms with van der Waals surface area (Å²) in [6.07, 6.45) is 2.34. The zero-order valence-electron chi connectivity index (χ0n) is 12.5. The van der Waals surface area contributed by atoms with Crippen LogP contribution in [-0.2, 0) is 6.54 Å². The second-order valence-electron chi connectivity index (χ2n) is 5.50. The van der Waals surface area contributed by atoms with Crippen molar-refractivity contribution in [3.05, 3.63) is 36.2 Å². The molecule has 0 bridgehead atoms. The van der Waals surface area contributed by atoms with Gasteiger partial charge in [-0.2, -0.15) is 4.98 Å². The van der Waals surface area contributed by atoms with Crippen LogP contribution < -0.4 is 5.32 Å². The van der Waals surface area contributed by atoms with E-state index >= 15 is 0 Å². The molecule has 1 saturated heterocycles. The monoisotopic (exact) mass is 286 g/mol. The van der Waals surface area contributed by atoms with Crippen LogP contribution in [0.25, 0.3) is 11.5 Å². The summed E-state index contributed by atoms with van der Waals surface area (Å²) in [5, 5.41) is 7.56. The first-order chi connectivity index (χ1) is 10.4. The molecule has 0 saturated carbocycles. The van der Waals surface area contributed by atoms with E-state index in [0.717, 1.165) is 44.0 Å². The second kappa shape index (κ2) is 6.83. The first-order valence-corrected chi connectivity index (χ1v) is 7.69. The smallest absolute Gasteiger partial charge is 0.257 e. The number of rotatable bonds is 6. The highest BCUT2D eigenvalue weighted by Crippen LogP contribution is 2.18. The molecule has 1 aromatic heterocycles. The predicted octanol–water partition coefficient (Wildman–Crippen LogP) is 2.31. The normalized spacial score (nSPS) is 18.5. The Bertz CT molecular complexity index is 548. The summed E-state index contributed by atoms with van der Waals surface area (Å²) in [6, 6.07) is 10.5. The second-order valence-corrected chi connectivity index (χ2v) is 5.50. The van der Waals surface area contributed by atoms with Crippen molar-refractivity contribution in [3.63, 3.8) is 0 Å². The van der Waals surface area contributed by atoms with Gasteiger partial charge in [0, 0.05) is 18.2 Å². The van der Waals surface area contributed by atoms with Crippen molar-refractivity contribution in [1.82, 2.24) is 20.4 Å². The molecule has 1 aliphatic heterocycles.